The molecule has 4 heteroatoms. The Morgan fingerprint density at radius 3 is 2.76 bits per heavy atom. The largest absolute Gasteiger partial charge is 0.347 e. The van der Waals surface area contributed by atoms with Gasteiger partial charge in [0.1, 0.15) is 0 Å². The molecule has 2 aliphatic rings. The number of piperidine rings is 1. The molecule has 1 N–H and O–H groups in total. The third-order valence-corrected chi connectivity index (χ3v) is 5.18. The summed E-state index contributed by atoms with van der Waals surface area (Å²) in [6, 6.07) is 9.17. The van der Waals surface area contributed by atoms with Crippen LogP contribution in [0.15, 0.2) is 24.3 Å². The molecule has 0 bridgehead atoms. The van der Waals surface area contributed by atoms with Crippen molar-refractivity contribution in [3.05, 3.63) is 24.3 Å². The van der Waals surface area contributed by atoms with Crippen molar-refractivity contribution in [2.24, 2.45) is 11.8 Å². The van der Waals surface area contributed by atoms with Gasteiger partial charge in [-0.1, -0.05) is 23.5 Å². The predicted molar refractivity (Wildman–Crippen MR) is 71.7 cm³/mol. The summed E-state index contributed by atoms with van der Waals surface area (Å²) in [5.41, 5.74) is 1.14. The van der Waals surface area contributed by atoms with Crippen molar-refractivity contribution in [1.82, 2.24) is 10.3 Å². The minimum absolute atomic E-state index is 0.764. The lowest BCUT2D eigenvalue weighted by Crippen LogP contribution is -2.29. The third-order valence-electron chi connectivity index (χ3n) is 4.08. The zero-order chi connectivity index (χ0) is 11.4. The number of hydrogen-bond donors (Lipinski definition) is 1. The van der Waals surface area contributed by atoms with Crippen LogP contribution in [-0.4, -0.2) is 31.2 Å². The van der Waals surface area contributed by atoms with Crippen LogP contribution in [0.3, 0.4) is 0 Å². The number of nitrogens with zero attached hydrogens (tertiary/aromatic N) is 2. The fourth-order valence-corrected chi connectivity index (χ4v) is 4.09. The van der Waals surface area contributed by atoms with E-state index in [-0.39, 0.29) is 0 Å². The molecule has 1 aromatic heterocycles. The summed E-state index contributed by atoms with van der Waals surface area (Å²) >= 11 is 1.82. The summed E-state index contributed by atoms with van der Waals surface area (Å²) in [4.78, 5) is 7.18. The summed E-state index contributed by atoms with van der Waals surface area (Å²) in [5, 5.41) is 4.60. The SMILES string of the molecule is CNC1[C@H]2CN(c3nc4ccccc4s3)C[C@@H]12. The highest BCUT2D eigenvalue weighted by Gasteiger charge is 2.55. The first kappa shape index (κ1) is 9.85. The molecule has 0 amide bonds. The Balaban J connectivity index is 1.60. The lowest BCUT2D eigenvalue weighted by molar-refractivity contribution is 0.652. The van der Waals surface area contributed by atoms with Crippen LogP contribution in [0.25, 0.3) is 10.2 Å². The fourth-order valence-electron chi connectivity index (χ4n) is 3.11. The van der Waals surface area contributed by atoms with Crippen LogP contribution < -0.4 is 10.2 Å². The Morgan fingerprint density at radius 2 is 2.06 bits per heavy atom. The van der Waals surface area contributed by atoms with E-state index in [1.807, 2.05) is 11.3 Å². The quantitative estimate of drug-likeness (QED) is 0.876. The third kappa shape index (κ3) is 1.40. The molecule has 4 rings (SSSR count). The van der Waals surface area contributed by atoms with Crippen LogP contribution in [-0.2, 0) is 0 Å². The van der Waals surface area contributed by atoms with Gasteiger partial charge < -0.3 is 10.2 Å². The van der Waals surface area contributed by atoms with Gasteiger partial charge in [0, 0.05) is 19.1 Å². The first-order valence-corrected chi connectivity index (χ1v) is 6.96. The average Bonchev–Trinajstić information content (AvgIpc) is 2.77. The highest BCUT2D eigenvalue weighted by molar-refractivity contribution is 7.22. The first-order chi connectivity index (χ1) is 8.36. The molecule has 3 nitrogen and oxygen atoms in total. The first-order valence-electron chi connectivity index (χ1n) is 6.14. The van der Waals surface area contributed by atoms with Crippen LogP contribution >= 0.6 is 11.3 Å². The smallest absolute Gasteiger partial charge is 0.186 e. The van der Waals surface area contributed by atoms with E-state index in [1.165, 1.54) is 22.9 Å². The Bertz CT molecular complexity index is 520. The second-order valence-corrected chi connectivity index (χ2v) is 6.02. The van der Waals surface area contributed by atoms with Crippen molar-refractivity contribution < 1.29 is 0 Å². The summed E-state index contributed by atoms with van der Waals surface area (Å²) in [5.74, 6) is 1.71. The van der Waals surface area contributed by atoms with Crippen molar-refractivity contribution in [3.8, 4) is 0 Å². The van der Waals surface area contributed by atoms with Gasteiger partial charge in [0.2, 0.25) is 0 Å². The second-order valence-electron chi connectivity index (χ2n) is 5.01. The van der Waals surface area contributed by atoms with Gasteiger partial charge >= 0.3 is 0 Å². The van der Waals surface area contributed by atoms with E-state index in [0.29, 0.717) is 0 Å². The predicted octanol–water partition coefficient (Wildman–Crippen LogP) is 1.95. The molecular formula is C13H15N3S. The van der Waals surface area contributed by atoms with Crippen LogP contribution in [0.4, 0.5) is 5.13 Å². The molecule has 2 aromatic rings. The Morgan fingerprint density at radius 1 is 1.29 bits per heavy atom. The molecule has 88 valence electrons. The van der Waals surface area contributed by atoms with E-state index >= 15 is 0 Å². The average molecular weight is 245 g/mol. The minimum Gasteiger partial charge on any atom is -0.347 e. The monoisotopic (exact) mass is 245 g/mol. The van der Waals surface area contributed by atoms with Crippen LogP contribution in [0.5, 0.6) is 0 Å². The molecule has 0 radical (unpaired) electrons. The zero-order valence-corrected chi connectivity index (χ0v) is 10.6. The molecule has 1 unspecified atom stereocenters. The Kier molecular flexibility index (Phi) is 1.99. The number of nitrogens with one attached hydrogen (secondary N) is 1. The highest BCUT2D eigenvalue weighted by atomic mass is 32.1. The lowest BCUT2D eigenvalue weighted by Gasteiger charge is -2.18. The number of aromatic nitrogens is 1. The van der Waals surface area contributed by atoms with Crippen LogP contribution in [0, 0.1) is 11.8 Å². The number of hydrogen-bond acceptors (Lipinski definition) is 4. The molecule has 1 aromatic carbocycles. The fraction of sp³-hybridized carbons (Fsp3) is 0.462. The van der Waals surface area contributed by atoms with Crippen molar-refractivity contribution in [3.63, 3.8) is 0 Å². The normalized spacial score (nSPS) is 30.9. The van der Waals surface area contributed by atoms with E-state index in [4.69, 9.17) is 4.98 Å². The van der Waals surface area contributed by atoms with Gasteiger partial charge in [-0.25, -0.2) is 4.98 Å². The van der Waals surface area contributed by atoms with Crippen molar-refractivity contribution in [2.45, 2.75) is 6.04 Å². The maximum atomic E-state index is 4.72. The summed E-state index contributed by atoms with van der Waals surface area (Å²) in [6.07, 6.45) is 0. The van der Waals surface area contributed by atoms with E-state index in [0.717, 1.165) is 23.4 Å². The van der Waals surface area contributed by atoms with Gasteiger partial charge in [0.25, 0.3) is 0 Å². The van der Waals surface area contributed by atoms with Gasteiger partial charge in [-0.2, -0.15) is 0 Å². The molecule has 1 aliphatic heterocycles. The molecular weight excluding hydrogens is 230 g/mol. The molecule has 0 spiro atoms. The Labute approximate surface area is 104 Å². The van der Waals surface area contributed by atoms with E-state index in [2.05, 4.69) is 41.5 Å². The summed E-state index contributed by atoms with van der Waals surface area (Å²) in [6.45, 7) is 2.35. The highest BCUT2D eigenvalue weighted by Crippen LogP contribution is 2.47. The van der Waals surface area contributed by atoms with Gasteiger partial charge in [-0.05, 0) is 31.0 Å². The summed E-state index contributed by atoms with van der Waals surface area (Å²) in [7, 11) is 2.07. The number of benzene rings is 1. The molecule has 2 fully saturated rings. The van der Waals surface area contributed by atoms with Crippen LogP contribution in [0.2, 0.25) is 0 Å². The molecule has 2 heterocycles. The van der Waals surface area contributed by atoms with Crippen molar-refractivity contribution in [2.75, 3.05) is 25.0 Å². The molecule has 1 aliphatic carbocycles. The number of anilines is 1. The van der Waals surface area contributed by atoms with Crippen LogP contribution in [0.1, 0.15) is 0 Å². The van der Waals surface area contributed by atoms with E-state index in [1.54, 1.807) is 0 Å². The second kappa shape index (κ2) is 3.43. The number of thiazole rings is 1. The molecule has 17 heavy (non-hydrogen) atoms. The van der Waals surface area contributed by atoms with Gasteiger partial charge in [0.05, 0.1) is 10.2 Å². The summed E-state index contributed by atoms with van der Waals surface area (Å²) < 4.78 is 1.30. The molecule has 1 saturated carbocycles. The van der Waals surface area contributed by atoms with E-state index in [9.17, 15) is 0 Å². The molecule has 3 atom stereocenters. The van der Waals surface area contributed by atoms with Crippen molar-refractivity contribution >= 4 is 26.7 Å². The van der Waals surface area contributed by atoms with Gasteiger partial charge in [-0.15, -0.1) is 0 Å². The standard InChI is InChI=1S/C13H15N3S/c1-14-12-8-6-16(7-9(8)12)13-15-10-4-2-3-5-11(10)17-13/h2-5,8-9,12,14H,6-7H2,1H3/t8-,9+,12?. The maximum Gasteiger partial charge on any atom is 0.186 e. The lowest BCUT2D eigenvalue weighted by atomic mass is 10.3. The minimum atomic E-state index is 0.764. The number of para-hydroxylation sites is 1. The van der Waals surface area contributed by atoms with Gasteiger partial charge in [0.15, 0.2) is 5.13 Å². The number of fused-ring (bicyclic) bond motifs is 2. The van der Waals surface area contributed by atoms with Crippen molar-refractivity contribution in [1.29, 1.82) is 0 Å². The van der Waals surface area contributed by atoms with Gasteiger partial charge in [-0.3, -0.25) is 0 Å². The number of rotatable bonds is 2. The Hall–Kier alpha value is -1.13. The molecule has 1 saturated heterocycles. The topological polar surface area (TPSA) is 28.2 Å². The zero-order valence-electron chi connectivity index (χ0n) is 9.76. The van der Waals surface area contributed by atoms with E-state index < -0.39 is 0 Å². The maximum absolute atomic E-state index is 4.72.